The zero-order valence-electron chi connectivity index (χ0n) is 13.2. The molecule has 2 aromatic rings. The van der Waals surface area contributed by atoms with Gasteiger partial charge in [-0.05, 0) is 36.8 Å². The highest BCUT2D eigenvalue weighted by atomic mass is 32.2. The molecule has 5 nitrogen and oxygen atoms in total. The van der Waals surface area contributed by atoms with Gasteiger partial charge in [0, 0.05) is 36.7 Å². The van der Waals surface area contributed by atoms with Crippen LogP contribution in [0.3, 0.4) is 0 Å². The minimum atomic E-state index is -3.40. The normalized spacial score (nSPS) is 20.0. The number of H-pyrrole nitrogens is 1. The maximum absolute atomic E-state index is 12.9. The van der Waals surface area contributed by atoms with E-state index in [4.69, 9.17) is 0 Å². The molecule has 0 unspecified atom stereocenters. The first-order chi connectivity index (χ1) is 11.1. The highest BCUT2D eigenvalue weighted by Gasteiger charge is 2.34. The fourth-order valence-corrected chi connectivity index (χ4v) is 6.73. The topological polar surface area (TPSA) is 66.1 Å². The highest BCUT2D eigenvalue weighted by Crippen LogP contribution is 2.38. The first-order valence-electron chi connectivity index (χ1n) is 8.17. The third-order valence-corrected chi connectivity index (χ3v) is 8.57. The fraction of sp³-hybridized carbons (Fsp3) is 0.562. The van der Waals surface area contributed by atoms with Crippen LogP contribution in [-0.2, 0) is 23.0 Å². The molecule has 23 heavy (non-hydrogen) atoms. The maximum Gasteiger partial charge on any atom is 0.253 e. The molecule has 0 bridgehead atoms. The number of fused-ring (bicyclic) bond motifs is 1. The number of hydrogen-bond donors (Lipinski definition) is 1. The molecule has 0 saturated heterocycles. The Morgan fingerprint density at radius 2 is 2.13 bits per heavy atom. The molecule has 1 aliphatic carbocycles. The molecular formula is C16H21N3O2S2. The molecule has 0 amide bonds. The van der Waals surface area contributed by atoms with E-state index >= 15 is 0 Å². The van der Waals surface area contributed by atoms with Crippen LogP contribution < -0.4 is 0 Å². The van der Waals surface area contributed by atoms with Crippen molar-refractivity contribution >= 4 is 21.4 Å². The molecule has 0 atom stereocenters. The van der Waals surface area contributed by atoms with E-state index in [1.807, 2.05) is 18.4 Å². The number of sulfonamides is 1. The van der Waals surface area contributed by atoms with Crippen molar-refractivity contribution < 1.29 is 8.42 Å². The van der Waals surface area contributed by atoms with Gasteiger partial charge < -0.3 is 0 Å². The Balaban J connectivity index is 1.66. The fourth-order valence-electron chi connectivity index (χ4n) is 3.77. The van der Waals surface area contributed by atoms with Gasteiger partial charge in [0.1, 0.15) is 4.21 Å². The van der Waals surface area contributed by atoms with E-state index in [1.54, 1.807) is 4.31 Å². The van der Waals surface area contributed by atoms with Crippen LogP contribution in [0.1, 0.15) is 54.1 Å². The summed E-state index contributed by atoms with van der Waals surface area (Å²) in [4.78, 5) is 0. The van der Waals surface area contributed by atoms with Crippen molar-refractivity contribution in [2.24, 2.45) is 0 Å². The van der Waals surface area contributed by atoms with Gasteiger partial charge in [0.15, 0.2) is 0 Å². The van der Waals surface area contributed by atoms with Gasteiger partial charge in [-0.3, -0.25) is 5.10 Å². The minimum Gasteiger partial charge on any atom is -0.282 e. The molecule has 0 aromatic carbocycles. The van der Waals surface area contributed by atoms with Gasteiger partial charge >= 0.3 is 0 Å². The Kier molecular flexibility index (Phi) is 3.82. The molecule has 1 saturated carbocycles. The summed E-state index contributed by atoms with van der Waals surface area (Å²) in [5.41, 5.74) is 4.20. The van der Waals surface area contributed by atoms with E-state index in [2.05, 4.69) is 10.2 Å². The summed E-state index contributed by atoms with van der Waals surface area (Å²) < 4.78 is 28.0. The van der Waals surface area contributed by atoms with Crippen LogP contribution in [0.15, 0.2) is 15.7 Å². The highest BCUT2D eigenvalue weighted by molar-refractivity contribution is 7.91. The first-order valence-corrected chi connectivity index (χ1v) is 10.5. The van der Waals surface area contributed by atoms with E-state index in [0.717, 1.165) is 28.9 Å². The van der Waals surface area contributed by atoms with E-state index in [-0.39, 0.29) is 0 Å². The lowest BCUT2D eigenvalue weighted by Crippen LogP contribution is -2.36. The molecule has 0 radical (unpaired) electrons. The molecule has 0 spiro atoms. The molecule has 7 heteroatoms. The van der Waals surface area contributed by atoms with Gasteiger partial charge in [-0.1, -0.05) is 12.8 Å². The minimum absolute atomic E-state index is 0.456. The molecule has 1 aliphatic heterocycles. The second-order valence-electron chi connectivity index (χ2n) is 6.53. The molecule has 1 N–H and O–H groups in total. The van der Waals surface area contributed by atoms with Gasteiger partial charge in [-0.15, -0.1) is 11.3 Å². The van der Waals surface area contributed by atoms with Crippen LogP contribution in [0.2, 0.25) is 0 Å². The predicted octanol–water partition coefficient (Wildman–Crippen LogP) is 3.18. The van der Waals surface area contributed by atoms with Crippen molar-refractivity contribution in [2.75, 3.05) is 6.54 Å². The van der Waals surface area contributed by atoms with Gasteiger partial charge in [-0.2, -0.15) is 9.40 Å². The second-order valence-corrected chi connectivity index (χ2v) is 9.58. The molecule has 2 aromatic heterocycles. The molecule has 3 heterocycles. The Labute approximate surface area is 140 Å². The zero-order valence-corrected chi connectivity index (χ0v) is 14.8. The van der Waals surface area contributed by atoms with Gasteiger partial charge in [0.2, 0.25) is 0 Å². The summed E-state index contributed by atoms with van der Waals surface area (Å²) in [6.07, 6.45) is 5.58. The Hall–Kier alpha value is -1.18. The maximum atomic E-state index is 12.9. The van der Waals surface area contributed by atoms with Crippen molar-refractivity contribution in [3.63, 3.8) is 0 Å². The predicted molar refractivity (Wildman–Crippen MR) is 90.2 cm³/mol. The van der Waals surface area contributed by atoms with E-state index in [9.17, 15) is 8.42 Å². The van der Waals surface area contributed by atoms with Crippen LogP contribution in [0.25, 0.3) is 0 Å². The zero-order chi connectivity index (χ0) is 16.0. The molecule has 1 fully saturated rings. The third kappa shape index (κ3) is 2.55. The number of rotatable bonds is 3. The number of aromatic amines is 1. The first kappa shape index (κ1) is 15.4. The van der Waals surface area contributed by atoms with Gasteiger partial charge in [0.25, 0.3) is 10.0 Å². The van der Waals surface area contributed by atoms with Crippen molar-refractivity contribution in [1.82, 2.24) is 14.5 Å². The average Bonchev–Trinajstić information content (AvgIpc) is 3.26. The summed E-state index contributed by atoms with van der Waals surface area (Å²) in [6, 6.07) is 1.87. The van der Waals surface area contributed by atoms with Crippen LogP contribution in [0.5, 0.6) is 0 Å². The molecular weight excluding hydrogens is 330 g/mol. The SMILES string of the molecule is Cc1ccsc1S(=O)(=O)N1CCc2[nH]nc(C3CCCC3)c2C1. The van der Waals surface area contributed by atoms with E-state index < -0.39 is 10.0 Å². The smallest absolute Gasteiger partial charge is 0.253 e. The van der Waals surface area contributed by atoms with Crippen LogP contribution in [0, 0.1) is 6.92 Å². The quantitative estimate of drug-likeness (QED) is 0.923. The largest absolute Gasteiger partial charge is 0.282 e. The Bertz CT molecular complexity index is 816. The van der Waals surface area contributed by atoms with Gasteiger partial charge in [-0.25, -0.2) is 8.42 Å². The van der Waals surface area contributed by atoms with Crippen molar-refractivity contribution in [1.29, 1.82) is 0 Å². The van der Waals surface area contributed by atoms with Crippen molar-refractivity contribution in [3.8, 4) is 0 Å². The van der Waals surface area contributed by atoms with E-state index in [0.29, 0.717) is 23.2 Å². The van der Waals surface area contributed by atoms with Crippen LogP contribution in [-0.4, -0.2) is 29.5 Å². The van der Waals surface area contributed by atoms with Crippen molar-refractivity contribution in [2.45, 2.75) is 55.7 Å². The summed E-state index contributed by atoms with van der Waals surface area (Å²) in [6.45, 7) is 2.84. The van der Waals surface area contributed by atoms with Gasteiger partial charge in [0.05, 0.1) is 5.69 Å². The number of nitrogens with one attached hydrogen (secondary N) is 1. The number of thiophene rings is 1. The Morgan fingerprint density at radius 1 is 1.35 bits per heavy atom. The number of aryl methyl sites for hydroxylation is 1. The standard InChI is InChI=1S/C16H21N3O2S2/c1-11-7-9-22-16(11)23(20,21)19-8-6-14-13(10-19)15(18-17-14)12-4-2-3-5-12/h7,9,12H,2-6,8,10H2,1H3,(H,17,18). The Morgan fingerprint density at radius 3 is 2.83 bits per heavy atom. The molecule has 124 valence electrons. The van der Waals surface area contributed by atoms with Crippen LogP contribution >= 0.6 is 11.3 Å². The van der Waals surface area contributed by atoms with Crippen LogP contribution in [0.4, 0.5) is 0 Å². The summed E-state index contributed by atoms with van der Waals surface area (Å²) in [7, 11) is -3.40. The molecule has 2 aliphatic rings. The third-order valence-electron chi connectivity index (χ3n) is 5.06. The lowest BCUT2D eigenvalue weighted by molar-refractivity contribution is 0.388. The summed E-state index contributed by atoms with van der Waals surface area (Å²) >= 11 is 1.31. The average molecular weight is 351 g/mol. The number of nitrogens with zero attached hydrogens (tertiary/aromatic N) is 2. The second kappa shape index (κ2) is 5.72. The lowest BCUT2D eigenvalue weighted by Gasteiger charge is -2.26. The molecule has 4 rings (SSSR count). The van der Waals surface area contributed by atoms with E-state index in [1.165, 1.54) is 37.0 Å². The number of aromatic nitrogens is 2. The lowest BCUT2D eigenvalue weighted by atomic mass is 9.97. The summed E-state index contributed by atoms with van der Waals surface area (Å²) in [5, 5.41) is 9.53. The summed E-state index contributed by atoms with van der Waals surface area (Å²) in [5.74, 6) is 0.501. The monoisotopic (exact) mass is 351 g/mol. The van der Waals surface area contributed by atoms with Crippen molar-refractivity contribution in [3.05, 3.63) is 34.0 Å². The number of hydrogen-bond acceptors (Lipinski definition) is 4.